The Labute approximate surface area is 122 Å². The Hall–Kier alpha value is -1.69. The molecule has 19 heavy (non-hydrogen) atoms. The fraction of sp³-hybridized carbons (Fsp3) is 0. The largest absolute Gasteiger partial charge is 0.421 e. The highest BCUT2D eigenvalue weighted by molar-refractivity contribution is 14.1. The van der Waals surface area contributed by atoms with E-state index in [4.69, 9.17) is 4.42 Å². The molecule has 1 heterocycles. The van der Waals surface area contributed by atoms with Crippen LogP contribution in [-0.4, -0.2) is 0 Å². The molecule has 3 rings (SSSR count). The molecule has 0 aliphatic rings. The summed E-state index contributed by atoms with van der Waals surface area (Å²) in [7, 11) is 0. The molecule has 3 aromatic rings. The predicted octanol–water partition coefficient (Wildman–Crippen LogP) is 4.20. The second kappa shape index (κ2) is 4.77. The van der Waals surface area contributed by atoms with Crippen molar-refractivity contribution in [3.8, 4) is 11.3 Å². The Morgan fingerprint density at radius 3 is 2.47 bits per heavy atom. The Bertz CT molecular complexity index is 809. The summed E-state index contributed by atoms with van der Waals surface area (Å²) in [5.74, 6) is 0.0772. The summed E-state index contributed by atoms with van der Waals surface area (Å²) in [4.78, 5) is 11.9. The maximum Gasteiger partial charge on any atom is 0.344 e. The van der Waals surface area contributed by atoms with Crippen molar-refractivity contribution < 1.29 is 8.81 Å². The van der Waals surface area contributed by atoms with Gasteiger partial charge >= 0.3 is 5.63 Å². The highest BCUT2D eigenvalue weighted by Crippen LogP contribution is 2.29. The van der Waals surface area contributed by atoms with E-state index in [-0.39, 0.29) is 5.39 Å². The monoisotopic (exact) mass is 366 g/mol. The van der Waals surface area contributed by atoms with Gasteiger partial charge in [0, 0.05) is 10.9 Å². The number of rotatable bonds is 1. The van der Waals surface area contributed by atoms with E-state index in [9.17, 15) is 9.18 Å². The van der Waals surface area contributed by atoms with Gasteiger partial charge in [-0.2, -0.15) is 0 Å². The van der Waals surface area contributed by atoms with Gasteiger partial charge in [-0.15, -0.1) is 0 Å². The van der Waals surface area contributed by atoms with Gasteiger partial charge in [0.25, 0.3) is 0 Å². The Balaban J connectivity index is 2.38. The van der Waals surface area contributed by atoms with Crippen LogP contribution in [0.2, 0.25) is 0 Å². The number of benzene rings is 2. The Morgan fingerprint density at radius 1 is 1.00 bits per heavy atom. The van der Waals surface area contributed by atoms with Crippen molar-refractivity contribution in [2.75, 3.05) is 0 Å². The Morgan fingerprint density at radius 2 is 1.74 bits per heavy atom. The van der Waals surface area contributed by atoms with E-state index in [0.717, 1.165) is 9.13 Å². The topological polar surface area (TPSA) is 30.2 Å². The van der Waals surface area contributed by atoms with Crippen molar-refractivity contribution in [1.29, 1.82) is 0 Å². The molecular formula is C15H8FIO2. The lowest BCUT2D eigenvalue weighted by Crippen LogP contribution is -2.03. The first kappa shape index (κ1) is 12.3. The van der Waals surface area contributed by atoms with Crippen LogP contribution in [0.1, 0.15) is 0 Å². The van der Waals surface area contributed by atoms with Crippen LogP contribution in [0.25, 0.3) is 22.1 Å². The van der Waals surface area contributed by atoms with E-state index in [1.54, 1.807) is 6.07 Å². The fourth-order valence-corrected chi connectivity index (χ4v) is 2.86. The van der Waals surface area contributed by atoms with Crippen LogP contribution in [0.5, 0.6) is 0 Å². The molecule has 4 heteroatoms. The molecule has 0 bridgehead atoms. The summed E-state index contributed by atoms with van der Waals surface area (Å²) in [5, 5.41) is 0.973. The average Bonchev–Trinajstić information content (AvgIpc) is 2.43. The zero-order valence-corrected chi connectivity index (χ0v) is 11.8. The highest BCUT2D eigenvalue weighted by atomic mass is 127. The van der Waals surface area contributed by atoms with Crippen LogP contribution in [0.3, 0.4) is 0 Å². The summed E-state index contributed by atoms with van der Waals surface area (Å²) in [5.41, 5.74) is 0.309. The van der Waals surface area contributed by atoms with Gasteiger partial charge in [-0.1, -0.05) is 36.4 Å². The Kier molecular flexibility index (Phi) is 3.10. The highest BCUT2D eigenvalue weighted by Gasteiger charge is 2.13. The maximum atomic E-state index is 13.2. The van der Waals surface area contributed by atoms with Gasteiger partial charge in [-0.3, -0.25) is 0 Å². The van der Waals surface area contributed by atoms with E-state index >= 15 is 0 Å². The summed E-state index contributed by atoms with van der Waals surface area (Å²) in [6, 6.07) is 13.5. The molecule has 2 nitrogen and oxygen atoms in total. The molecular weight excluding hydrogens is 358 g/mol. The van der Waals surface area contributed by atoms with Crippen molar-refractivity contribution in [3.05, 3.63) is 68.3 Å². The van der Waals surface area contributed by atoms with Gasteiger partial charge in [0.15, 0.2) is 5.76 Å². The third-order valence-electron chi connectivity index (χ3n) is 2.87. The number of fused-ring (bicyclic) bond motifs is 1. The standard InChI is InChI=1S/C15H8FIO2/c16-10-6-7-11-12(8-10)15(18)19-14(13(11)17)9-4-2-1-3-5-9/h1-8H. The van der Waals surface area contributed by atoms with Crippen molar-refractivity contribution in [1.82, 2.24) is 0 Å². The van der Waals surface area contributed by atoms with E-state index in [1.807, 2.05) is 30.3 Å². The van der Waals surface area contributed by atoms with Gasteiger partial charge in [-0.25, -0.2) is 9.18 Å². The fourth-order valence-electron chi connectivity index (χ4n) is 1.97. The lowest BCUT2D eigenvalue weighted by molar-refractivity contribution is 0.531. The molecule has 0 unspecified atom stereocenters. The summed E-state index contributed by atoms with van der Waals surface area (Å²) >= 11 is 2.12. The van der Waals surface area contributed by atoms with Gasteiger partial charge in [0.2, 0.25) is 0 Å². The molecule has 0 amide bonds. The van der Waals surface area contributed by atoms with Crippen molar-refractivity contribution in [3.63, 3.8) is 0 Å². The smallest absolute Gasteiger partial charge is 0.344 e. The first-order valence-corrected chi connectivity index (χ1v) is 6.72. The van der Waals surface area contributed by atoms with Gasteiger partial charge in [0.05, 0.1) is 8.96 Å². The number of hydrogen-bond donors (Lipinski definition) is 0. The molecule has 0 atom stereocenters. The quantitative estimate of drug-likeness (QED) is 0.605. The van der Waals surface area contributed by atoms with Crippen molar-refractivity contribution in [2.45, 2.75) is 0 Å². The molecule has 94 valence electrons. The molecule has 0 radical (unpaired) electrons. The molecule has 0 aliphatic heterocycles. The summed E-state index contributed by atoms with van der Waals surface area (Å²) < 4.78 is 19.3. The average molecular weight is 366 g/mol. The zero-order valence-electron chi connectivity index (χ0n) is 9.69. The SMILES string of the molecule is O=c1oc(-c2ccccc2)c(I)c2ccc(F)cc12. The van der Waals surface area contributed by atoms with Crippen LogP contribution in [0, 0.1) is 9.39 Å². The molecule has 0 saturated carbocycles. The van der Waals surface area contributed by atoms with Crippen LogP contribution < -0.4 is 5.63 Å². The van der Waals surface area contributed by atoms with E-state index < -0.39 is 11.4 Å². The van der Waals surface area contributed by atoms with E-state index in [2.05, 4.69) is 22.6 Å². The lowest BCUT2D eigenvalue weighted by atomic mass is 10.1. The first-order chi connectivity index (χ1) is 9.16. The van der Waals surface area contributed by atoms with Crippen LogP contribution in [0.15, 0.2) is 57.7 Å². The first-order valence-electron chi connectivity index (χ1n) is 5.64. The second-order valence-electron chi connectivity index (χ2n) is 4.09. The molecule has 0 fully saturated rings. The minimum atomic E-state index is -0.520. The van der Waals surface area contributed by atoms with Gasteiger partial charge < -0.3 is 4.42 Å². The van der Waals surface area contributed by atoms with E-state index in [1.165, 1.54) is 12.1 Å². The minimum absolute atomic E-state index is 0.268. The molecule has 1 aromatic heterocycles. The predicted molar refractivity (Wildman–Crippen MR) is 80.6 cm³/mol. The maximum absolute atomic E-state index is 13.2. The normalized spacial score (nSPS) is 10.8. The molecule has 0 spiro atoms. The van der Waals surface area contributed by atoms with Crippen LogP contribution in [-0.2, 0) is 0 Å². The molecule has 0 aliphatic carbocycles. The van der Waals surface area contributed by atoms with Crippen molar-refractivity contribution >= 4 is 33.4 Å². The van der Waals surface area contributed by atoms with Gasteiger partial charge in [-0.05, 0) is 34.7 Å². The third kappa shape index (κ3) is 2.16. The van der Waals surface area contributed by atoms with Crippen LogP contribution >= 0.6 is 22.6 Å². The molecule has 2 aromatic carbocycles. The molecule has 0 saturated heterocycles. The third-order valence-corrected chi connectivity index (χ3v) is 3.94. The number of hydrogen-bond acceptors (Lipinski definition) is 2. The zero-order chi connectivity index (χ0) is 13.4. The molecule has 0 N–H and O–H groups in total. The minimum Gasteiger partial charge on any atom is -0.421 e. The number of halogens is 2. The lowest BCUT2D eigenvalue weighted by Gasteiger charge is -2.06. The summed E-state index contributed by atoms with van der Waals surface area (Å²) in [6.45, 7) is 0. The van der Waals surface area contributed by atoms with Crippen molar-refractivity contribution in [2.24, 2.45) is 0 Å². The van der Waals surface area contributed by atoms with E-state index in [0.29, 0.717) is 11.1 Å². The second-order valence-corrected chi connectivity index (χ2v) is 5.17. The van der Waals surface area contributed by atoms with Gasteiger partial charge in [0.1, 0.15) is 5.82 Å². The van der Waals surface area contributed by atoms with Crippen LogP contribution in [0.4, 0.5) is 4.39 Å². The summed E-state index contributed by atoms with van der Waals surface area (Å²) in [6.07, 6.45) is 0.